The number of unbranched alkanes of at least 4 members (excludes halogenated alkanes) is 10. The summed E-state index contributed by atoms with van der Waals surface area (Å²) in [5, 5.41) is 0. The highest BCUT2D eigenvalue weighted by atomic mass is 16.6. The third-order valence-electron chi connectivity index (χ3n) is 4.31. The minimum Gasteiger partial charge on any atom is -0.463 e. The summed E-state index contributed by atoms with van der Waals surface area (Å²) < 4.78 is 10.6. The van der Waals surface area contributed by atoms with Crippen LogP contribution in [0, 0.1) is 0 Å². The maximum Gasteiger partial charge on any atom is 0.305 e. The SMILES string of the molecule is CCCCCCCCCCCCCC(=O)OCCOC(C)CC. The van der Waals surface area contributed by atoms with Crippen LogP contribution in [-0.2, 0) is 14.3 Å². The van der Waals surface area contributed by atoms with Crippen LogP contribution in [-0.4, -0.2) is 25.3 Å². The van der Waals surface area contributed by atoms with E-state index in [2.05, 4.69) is 13.8 Å². The molecular formula is C20H40O3. The van der Waals surface area contributed by atoms with Gasteiger partial charge in [-0.3, -0.25) is 4.79 Å². The molecule has 0 radical (unpaired) electrons. The molecule has 0 aliphatic carbocycles. The molecule has 138 valence electrons. The van der Waals surface area contributed by atoms with E-state index in [9.17, 15) is 4.79 Å². The van der Waals surface area contributed by atoms with Crippen molar-refractivity contribution in [2.45, 2.75) is 110 Å². The monoisotopic (exact) mass is 328 g/mol. The number of hydrogen-bond acceptors (Lipinski definition) is 3. The van der Waals surface area contributed by atoms with Crippen molar-refractivity contribution >= 4 is 5.97 Å². The fraction of sp³-hybridized carbons (Fsp3) is 0.950. The number of carbonyl (C=O) groups excluding carboxylic acids is 1. The molecule has 0 rings (SSSR count). The van der Waals surface area contributed by atoms with Crippen molar-refractivity contribution in [2.75, 3.05) is 13.2 Å². The normalized spacial score (nSPS) is 12.3. The molecule has 3 nitrogen and oxygen atoms in total. The molecule has 3 heteroatoms. The Morgan fingerprint density at radius 1 is 0.783 bits per heavy atom. The summed E-state index contributed by atoms with van der Waals surface area (Å²) in [6.07, 6.45) is 16.1. The highest BCUT2D eigenvalue weighted by Crippen LogP contribution is 2.12. The quantitative estimate of drug-likeness (QED) is 0.241. The average molecular weight is 329 g/mol. The van der Waals surface area contributed by atoms with Gasteiger partial charge in [-0.15, -0.1) is 0 Å². The second-order valence-electron chi connectivity index (χ2n) is 6.60. The number of hydrogen-bond donors (Lipinski definition) is 0. The maximum atomic E-state index is 11.5. The molecule has 0 bridgehead atoms. The van der Waals surface area contributed by atoms with Crippen LogP contribution in [0.1, 0.15) is 104 Å². The predicted octanol–water partition coefficient (Wildman–Crippen LogP) is 6.05. The first-order chi connectivity index (χ1) is 11.2. The highest BCUT2D eigenvalue weighted by molar-refractivity contribution is 5.69. The molecule has 0 spiro atoms. The van der Waals surface area contributed by atoms with E-state index in [1.165, 1.54) is 57.8 Å². The molecule has 0 aliphatic heterocycles. The van der Waals surface area contributed by atoms with Crippen molar-refractivity contribution in [3.8, 4) is 0 Å². The number of esters is 1. The van der Waals surface area contributed by atoms with Gasteiger partial charge in [0.1, 0.15) is 6.61 Å². The van der Waals surface area contributed by atoms with Crippen molar-refractivity contribution in [1.29, 1.82) is 0 Å². The van der Waals surface area contributed by atoms with Gasteiger partial charge in [0.05, 0.1) is 12.7 Å². The Kier molecular flexibility index (Phi) is 17.3. The van der Waals surface area contributed by atoms with E-state index in [1.807, 2.05) is 6.92 Å². The smallest absolute Gasteiger partial charge is 0.305 e. The van der Waals surface area contributed by atoms with Crippen molar-refractivity contribution < 1.29 is 14.3 Å². The van der Waals surface area contributed by atoms with Gasteiger partial charge in [-0.2, -0.15) is 0 Å². The fourth-order valence-corrected chi connectivity index (χ4v) is 2.53. The molecule has 0 saturated heterocycles. The van der Waals surface area contributed by atoms with Gasteiger partial charge in [0.2, 0.25) is 0 Å². The van der Waals surface area contributed by atoms with E-state index >= 15 is 0 Å². The van der Waals surface area contributed by atoms with E-state index in [1.54, 1.807) is 0 Å². The van der Waals surface area contributed by atoms with E-state index in [0.29, 0.717) is 19.6 Å². The molecule has 0 amide bonds. The zero-order valence-corrected chi connectivity index (χ0v) is 15.9. The second kappa shape index (κ2) is 17.8. The average Bonchev–Trinajstić information content (AvgIpc) is 2.56. The van der Waals surface area contributed by atoms with Gasteiger partial charge < -0.3 is 9.47 Å². The Morgan fingerprint density at radius 3 is 1.83 bits per heavy atom. The lowest BCUT2D eigenvalue weighted by Gasteiger charge is -2.10. The van der Waals surface area contributed by atoms with Crippen molar-refractivity contribution in [1.82, 2.24) is 0 Å². The summed E-state index contributed by atoms with van der Waals surface area (Å²) in [6.45, 7) is 7.28. The summed E-state index contributed by atoms with van der Waals surface area (Å²) in [5.74, 6) is -0.0753. The lowest BCUT2D eigenvalue weighted by Crippen LogP contribution is -2.14. The van der Waals surface area contributed by atoms with Gasteiger partial charge in [0.25, 0.3) is 0 Å². The molecule has 0 aromatic rings. The lowest BCUT2D eigenvalue weighted by molar-refractivity contribution is -0.145. The van der Waals surface area contributed by atoms with Gasteiger partial charge in [-0.25, -0.2) is 0 Å². The molecule has 1 atom stereocenters. The topological polar surface area (TPSA) is 35.5 Å². The summed E-state index contributed by atoms with van der Waals surface area (Å²) >= 11 is 0. The molecule has 23 heavy (non-hydrogen) atoms. The van der Waals surface area contributed by atoms with Gasteiger partial charge in [0.15, 0.2) is 0 Å². The molecule has 0 heterocycles. The molecule has 0 fully saturated rings. The number of rotatable bonds is 17. The molecule has 0 aromatic carbocycles. The Balaban J connectivity index is 3.17. The predicted molar refractivity (Wildman–Crippen MR) is 97.7 cm³/mol. The third-order valence-corrected chi connectivity index (χ3v) is 4.31. The lowest BCUT2D eigenvalue weighted by atomic mass is 10.1. The van der Waals surface area contributed by atoms with Crippen LogP contribution in [0.2, 0.25) is 0 Å². The Morgan fingerprint density at radius 2 is 1.30 bits per heavy atom. The van der Waals surface area contributed by atoms with Gasteiger partial charge in [0, 0.05) is 6.42 Å². The van der Waals surface area contributed by atoms with Gasteiger partial charge >= 0.3 is 5.97 Å². The molecular weight excluding hydrogens is 288 g/mol. The largest absolute Gasteiger partial charge is 0.463 e. The Bertz CT molecular complexity index is 253. The minimum absolute atomic E-state index is 0.0753. The Labute approximate surface area is 144 Å². The first kappa shape index (κ1) is 22.4. The Hall–Kier alpha value is -0.570. The van der Waals surface area contributed by atoms with Crippen LogP contribution >= 0.6 is 0 Å². The zero-order valence-electron chi connectivity index (χ0n) is 15.9. The summed E-state index contributed by atoms with van der Waals surface area (Å²) in [4.78, 5) is 11.5. The van der Waals surface area contributed by atoms with Gasteiger partial charge in [-0.05, 0) is 19.8 Å². The van der Waals surface area contributed by atoms with Crippen molar-refractivity contribution in [3.63, 3.8) is 0 Å². The van der Waals surface area contributed by atoms with Crippen LogP contribution < -0.4 is 0 Å². The molecule has 0 saturated carbocycles. The minimum atomic E-state index is -0.0753. The molecule has 0 aliphatic rings. The fourth-order valence-electron chi connectivity index (χ4n) is 2.53. The van der Waals surface area contributed by atoms with Gasteiger partial charge in [-0.1, -0.05) is 78.1 Å². The summed E-state index contributed by atoms with van der Waals surface area (Å²) in [6, 6.07) is 0. The van der Waals surface area contributed by atoms with Crippen molar-refractivity contribution in [3.05, 3.63) is 0 Å². The molecule has 1 unspecified atom stereocenters. The first-order valence-corrected chi connectivity index (χ1v) is 9.97. The van der Waals surface area contributed by atoms with E-state index in [-0.39, 0.29) is 12.1 Å². The van der Waals surface area contributed by atoms with Crippen LogP contribution in [0.5, 0.6) is 0 Å². The third kappa shape index (κ3) is 17.6. The van der Waals surface area contributed by atoms with E-state index < -0.39 is 0 Å². The first-order valence-electron chi connectivity index (χ1n) is 9.97. The second-order valence-corrected chi connectivity index (χ2v) is 6.60. The highest BCUT2D eigenvalue weighted by Gasteiger charge is 2.03. The zero-order chi connectivity index (χ0) is 17.2. The number of carbonyl (C=O) groups is 1. The number of ether oxygens (including phenoxy) is 2. The van der Waals surface area contributed by atoms with E-state index in [0.717, 1.165) is 19.3 Å². The maximum absolute atomic E-state index is 11.5. The standard InChI is InChI=1S/C20H40O3/c1-4-6-7-8-9-10-11-12-13-14-15-16-20(21)23-18-17-22-19(3)5-2/h19H,4-18H2,1-3H3. The van der Waals surface area contributed by atoms with Crippen molar-refractivity contribution in [2.24, 2.45) is 0 Å². The summed E-state index contributed by atoms with van der Waals surface area (Å²) in [7, 11) is 0. The summed E-state index contributed by atoms with van der Waals surface area (Å²) in [5.41, 5.74) is 0. The van der Waals surface area contributed by atoms with Crippen LogP contribution in [0.25, 0.3) is 0 Å². The van der Waals surface area contributed by atoms with Crippen LogP contribution in [0.15, 0.2) is 0 Å². The molecule has 0 N–H and O–H groups in total. The van der Waals surface area contributed by atoms with Crippen LogP contribution in [0.3, 0.4) is 0 Å². The van der Waals surface area contributed by atoms with E-state index in [4.69, 9.17) is 9.47 Å². The van der Waals surface area contributed by atoms with Crippen LogP contribution in [0.4, 0.5) is 0 Å². The molecule has 0 aromatic heterocycles.